The number of rotatable bonds is 6. The van der Waals surface area contributed by atoms with Crippen LogP contribution in [0.4, 0.5) is 0 Å². The average molecular weight is 392 g/mol. The Morgan fingerprint density at radius 2 is 1.83 bits per heavy atom. The number of carbonyl (C=O) groups is 1. The molecular weight excluding hydrogens is 370 g/mol. The van der Waals surface area contributed by atoms with Gasteiger partial charge in [-0.15, -0.1) is 0 Å². The Kier molecular flexibility index (Phi) is 6.26. The molecule has 0 spiro atoms. The van der Waals surface area contributed by atoms with Gasteiger partial charge in [0.05, 0.1) is 20.3 Å². The molecule has 1 unspecified atom stereocenters. The number of hydrogen-bond donors (Lipinski definition) is 1. The summed E-state index contributed by atoms with van der Waals surface area (Å²) in [4.78, 5) is 12.5. The van der Waals surface area contributed by atoms with Gasteiger partial charge in [0, 0.05) is 10.0 Å². The summed E-state index contributed by atoms with van der Waals surface area (Å²) in [6.45, 7) is 4.05. The van der Waals surface area contributed by atoms with Crippen LogP contribution in [0.25, 0.3) is 0 Å². The number of carbonyl (C=O) groups excluding carboxylic acids is 1. The smallest absolute Gasteiger partial charge is 0.251 e. The lowest BCUT2D eigenvalue weighted by atomic mass is 9.98. The Hall–Kier alpha value is -2.01. The van der Waals surface area contributed by atoms with E-state index in [1.807, 2.05) is 31.2 Å². The van der Waals surface area contributed by atoms with E-state index in [2.05, 4.69) is 28.2 Å². The van der Waals surface area contributed by atoms with E-state index in [1.165, 1.54) is 0 Å². The largest absolute Gasteiger partial charge is 0.493 e. The average Bonchev–Trinajstić information content (AvgIpc) is 2.60. The molecule has 0 aliphatic heterocycles. The Balaban J connectivity index is 2.28. The maximum Gasteiger partial charge on any atom is 0.251 e. The first kappa shape index (κ1) is 18.3. The lowest BCUT2D eigenvalue weighted by molar-refractivity contribution is 0.0939. The molecule has 0 aliphatic carbocycles. The molecule has 2 rings (SSSR count). The van der Waals surface area contributed by atoms with Crippen LogP contribution >= 0.6 is 15.9 Å². The summed E-state index contributed by atoms with van der Waals surface area (Å²) >= 11 is 3.39. The first-order valence-corrected chi connectivity index (χ1v) is 8.60. The molecule has 1 N–H and O–H groups in total. The van der Waals surface area contributed by atoms with Crippen molar-refractivity contribution in [3.63, 3.8) is 0 Å². The van der Waals surface area contributed by atoms with Crippen molar-refractivity contribution in [2.75, 3.05) is 14.2 Å². The zero-order valence-electron chi connectivity index (χ0n) is 14.4. The monoisotopic (exact) mass is 391 g/mol. The first-order chi connectivity index (χ1) is 11.5. The zero-order valence-corrected chi connectivity index (χ0v) is 15.9. The van der Waals surface area contributed by atoms with E-state index in [0.29, 0.717) is 17.1 Å². The molecule has 0 heterocycles. The van der Waals surface area contributed by atoms with Crippen LogP contribution < -0.4 is 14.8 Å². The molecule has 24 heavy (non-hydrogen) atoms. The van der Waals surface area contributed by atoms with E-state index >= 15 is 0 Å². The summed E-state index contributed by atoms with van der Waals surface area (Å²) in [5, 5.41) is 3.05. The summed E-state index contributed by atoms with van der Waals surface area (Å²) in [6.07, 6.45) is 0.840. The fourth-order valence-electron chi connectivity index (χ4n) is 2.63. The molecule has 0 saturated carbocycles. The summed E-state index contributed by atoms with van der Waals surface area (Å²) in [7, 11) is 3.23. The molecule has 0 fully saturated rings. The SMILES string of the molecule is CCc1cc(OC)c(OC)cc1C(C)NC(=O)c1cccc(Br)c1. The van der Waals surface area contributed by atoms with Gasteiger partial charge >= 0.3 is 0 Å². The van der Waals surface area contributed by atoms with Gasteiger partial charge < -0.3 is 14.8 Å². The molecule has 5 heteroatoms. The minimum Gasteiger partial charge on any atom is -0.493 e. The number of halogens is 1. The van der Waals surface area contributed by atoms with E-state index in [4.69, 9.17) is 9.47 Å². The van der Waals surface area contributed by atoms with Crippen LogP contribution in [0.1, 0.15) is 41.4 Å². The third-order valence-corrected chi connectivity index (χ3v) is 4.42. The standard InChI is InChI=1S/C19H22BrNO3/c1-5-13-10-17(23-3)18(24-4)11-16(13)12(2)21-19(22)14-7-6-8-15(20)9-14/h6-12H,5H2,1-4H3,(H,21,22). The summed E-state index contributed by atoms with van der Waals surface area (Å²) in [5.74, 6) is 1.25. The van der Waals surface area contributed by atoms with Crippen LogP contribution in [0.5, 0.6) is 11.5 Å². The van der Waals surface area contributed by atoms with Gasteiger partial charge in [-0.05, 0) is 54.8 Å². The Bertz CT molecular complexity index is 731. The highest BCUT2D eigenvalue weighted by molar-refractivity contribution is 9.10. The van der Waals surface area contributed by atoms with Crippen LogP contribution in [0, 0.1) is 0 Å². The molecule has 128 valence electrons. The van der Waals surface area contributed by atoms with Crippen molar-refractivity contribution in [1.29, 1.82) is 0 Å². The molecule has 0 aliphatic rings. The third kappa shape index (κ3) is 4.09. The highest BCUT2D eigenvalue weighted by Gasteiger charge is 2.17. The van der Waals surface area contributed by atoms with Crippen molar-refractivity contribution >= 4 is 21.8 Å². The minimum absolute atomic E-state index is 0.111. The third-order valence-electron chi connectivity index (χ3n) is 3.93. The highest BCUT2D eigenvalue weighted by atomic mass is 79.9. The lowest BCUT2D eigenvalue weighted by Gasteiger charge is -2.20. The summed E-state index contributed by atoms with van der Waals surface area (Å²) in [6, 6.07) is 11.1. The van der Waals surface area contributed by atoms with Crippen molar-refractivity contribution in [3.8, 4) is 11.5 Å². The van der Waals surface area contributed by atoms with Crippen LogP contribution in [-0.4, -0.2) is 20.1 Å². The topological polar surface area (TPSA) is 47.6 Å². The second-order valence-corrected chi connectivity index (χ2v) is 6.38. The van der Waals surface area contributed by atoms with Gasteiger partial charge in [0.25, 0.3) is 5.91 Å². The van der Waals surface area contributed by atoms with Crippen molar-refractivity contribution < 1.29 is 14.3 Å². The fraction of sp³-hybridized carbons (Fsp3) is 0.316. The predicted molar refractivity (Wildman–Crippen MR) is 98.9 cm³/mol. The second kappa shape index (κ2) is 8.20. The number of ether oxygens (including phenoxy) is 2. The number of hydrogen-bond acceptors (Lipinski definition) is 3. The molecule has 0 bridgehead atoms. The van der Waals surface area contributed by atoms with Gasteiger partial charge in [0.1, 0.15) is 0 Å². The molecular formula is C19H22BrNO3. The quantitative estimate of drug-likeness (QED) is 0.787. The number of benzene rings is 2. The molecule has 1 amide bonds. The van der Waals surface area contributed by atoms with Gasteiger partial charge in [-0.1, -0.05) is 28.9 Å². The van der Waals surface area contributed by atoms with Gasteiger partial charge in [0.15, 0.2) is 11.5 Å². The molecule has 0 aromatic heterocycles. The molecule has 0 radical (unpaired) electrons. The Morgan fingerprint density at radius 1 is 1.17 bits per heavy atom. The van der Waals surface area contributed by atoms with Gasteiger partial charge in [-0.2, -0.15) is 0 Å². The number of aryl methyl sites for hydroxylation is 1. The number of nitrogens with one attached hydrogen (secondary N) is 1. The Labute approximate surface area is 151 Å². The molecule has 1 atom stereocenters. The van der Waals surface area contributed by atoms with Crippen LogP contribution in [0.3, 0.4) is 0 Å². The van der Waals surface area contributed by atoms with Gasteiger partial charge in [0.2, 0.25) is 0 Å². The van der Waals surface area contributed by atoms with Crippen LogP contribution in [0.15, 0.2) is 40.9 Å². The lowest BCUT2D eigenvalue weighted by Crippen LogP contribution is -2.27. The predicted octanol–water partition coefficient (Wildman–Crippen LogP) is 4.52. The maximum atomic E-state index is 12.5. The van der Waals surface area contributed by atoms with Gasteiger partial charge in [-0.25, -0.2) is 0 Å². The van der Waals surface area contributed by atoms with E-state index < -0.39 is 0 Å². The van der Waals surface area contributed by atoms with Crippen molar-refractivity contribution in [3.05, 3.63) is 57.6 Å². The number of methoxy groups -OCH3 is 2. The molecule has 2 aromatic rings. The fourth-order valence-corrected chi connectivity index (χ4v) is 3.03. The van der Waals surface area contributed by atoms with Gasteiger partial charge in [-0.3, -0.25) is 4.79 Å². The minimum atomic E-state index is -0.147. The summed E-state index contributed by atoms with van der Waals surface area (Å²) in [5.41, 5.74) is 2.77. The van der Waals surface area contributed by atoms with E-state index in [-0.39, 0.29) is 11.9 Å². The Morgan fingerprint density at radius 3 is 2.42 bits per heavy atom. The highest BCUT2D eigenvalue weighted by Crippen LogP contribution is 2.33. The molecule has 0 saturated heterocycles. The van der Waals surface area contributed by atoms with Crippen LogP contribution in [0.2, 0.25) is 0 Å². The number of amides is 1. The maximum absolute atomic E-state index is 12.5. The summed E-state index contributed by atoms with van der Waals surface area (Å²) < 4.78 is 11.6. The van der Waals surface area contributed by atoms with Crippen molar-refractivity contribution in [2.45, 2.75) is 26.3 Å². The van der Waals surface area contributed by atoms with Crippen molar-refractivity contribution in [1.82, 2.24) is 5.32 Å². The normalized spacial score (nSPS) is 11.7. The van der Waals surface area contributed by atoms with Crippen molar-refractivity contribution in [2.24, 2.45) is 0 Å². The second-order valence-electron chi connectivity index (χ2n) is 5.47. The van der Waals surface area contributed by atoms with E-state index in [1.54, 1.807) is 26.4 Å². The molecule has 4 nitrogen and oxygen atoms in total. The zero-order chi connectivity index (χ0) is 17.7. The van der Waals surface area contributed by atoms with E-state index in [9.17, 15) is 4.79 Å². The molecule has 2 aromatic carbocycles. The van der Waals surface area contributed by atoms with E-state index in [0.717, 1.165) is 22.0 Å². The first-order valence-electron chi connectivity index (χ1n) is 7.81. The van der Waals surface area contributed by atoms with Crippen LogP contribution in [-0.2, 0) is 6.42 Å².